The zero-order valence-corrected chi connectivity index (χ0v) is 14.7. The van der Waals surface area contributed by atoms with E-state index < -0.39 is 0 Å². The van der Waals surface area contributed by atoms with Crippen molar-refractivity contribution >= 4 is 17.5 Å². The van der Waals surface area contributed by atoms with Gasteiger partial charge in [0.1, 0.15) is 11.4 Å². The maximum absolute atomic E-state index is 12.4. The van der Waals surface area contributed by atoms with Crippen LogP contribution in [0, 0.1) is 0 Å². The fraction of sp³-hybridized carbons (Fsp3) is 0.158. The van der Waals surface area contributed by atoms with Crippen LogP contribution in [0.3, 0.4) is 0 Å². The van der Waals surface area contributed by atoms with E-state index in [4.69, 9.17) is 16.3 Å². The minimum atomic E-state index is -0.218. The highest BCUT2D eigenvalue weighted by atomic mass is 35.5. The van der Waals surface area contributed by atoms with Gasteiger partial charge < -0.3 is 10.1 Å². The Balaban J connectivity index is 1.70. The number of nitrogens with one attached hydrogen (secondary N) is 2. The number of carbonyl (C=O) groups excluding carboxylic acids is 1. The summed E-state index contributed by atoms with van der Waals surface area (Å²) in [6.07, 6.45) is 0. The lowest BCUT2D eigenvalue weighted by atomic mass is 10.1. The number of aromatic amines is 1. The molecule has 25 heavy (non-hydrogen) atoms. The topological polar surface area (TPSA) is 67.0 Å². The molecular weight excluding hydrogens is 338 g/mol. The zero-order chi connectivity index (χ0) is 17.8. The number of carbonyl (C=O) groups is 1. The van der Waals surface area contributed by atoms with Gasteiger partial charge in [0.05, 0.1) is 18.8 Å². The van der Waals surface area contributed by atoms with Crippen LogP contribution in [0.2, 0.25) is 5.02 Å². The Morgan fingerprint density at radius 3 is 2.64 bits per heavy atom. The van der Waals surface area contributed by atoms with Gasteiger partial charge in [-0.15, -0.1) is 0 Å². The molecule has 3 rings (SSSR count). The van der Waals surface area contributed by atoms with Gasteiger partial charge in [0.15, 0.2) is 0 Å². The first-order valence-corrected chi connectivity index (χ1v) is 8.21. The lowest BCUT2D eigenvalue weighted by Gasteiger charge is -2.14. The molecule has 3 aromatic rings. The van der Waals surface area contributed by atoms with Crippen molar-refractivity contribution in [1.29, 1.82) is 0 Å². The van der Waals surface area contributed by atoms with Gasteiger partial charge in [0.25, 0.3) is 5.91 Å². The number of hydrogen-bond acceptors (Lipinski definition) is 3. The van der Waals surface area contributed by atoms with Gasteiger partial charge in [-0.3, -0.25) is 9.89 Å². The Bertz CT molecular complexity index is 874. The molecule has 128 valence electrons. The summed E-state index contributed by atoms with van der Waals surface area (Å²) >= 11 is 6.00. The Morgan fingerprint density at radius 1 is 1.20 bits per heavy atom. The standard InChI is InChI=1S/C19H18ClN3O2/c1-12(13-6-8-16(25-2)9-7-13)21-19(24)18-11-17(22-23-18)14-4-3-5-15(20)10-14/h3-12H,1-2H3,(H,21,24)(H,22,23). The van der Waals surface area contributed by atoms with Crippen LogP contribution >= 0.6 is 11.6 Å². The minimum absolute atomic E-state index is 0.142. The predicted octanol–water partition coefficient (Wildman–Crippen LogP) is 4.23. The molecule has 2 aromatic carbocycles. The van der Waals surface area contributed by atoms with Crippen molar-refractivity contribution < 1.29 is 9.53 Å². The number of ether oxygens (including phenoxy) is 1. The summed E-state index contributed by atoms with van der Waals surface area (Å²) in [6.45, 7) is 1.92. The molecule has 0 saturated carbocycles. The van der Waals surface area contributed by atoms with Gasteiger partial charge in [-0.25, -0.2) is 0 Å². The number of nitrogens with zero attached hydrogens (tertiary/aromatic N) is 1. The van der Waals surface area contributed by atoms with Crippen LogP contribution in [0.25, 0.3) is 11.3 Å². The molecule has 1 unspecified atom stereocenters. The monoisotopic (exact) mass is 355 g/mol. The summed E-state index contributed by atoms with van der Waals surface area (Å²) in [5, 5.41) is 10.5. The summed E-state index contributed by atoms with van der Waals surface area (Å²) in [5.41, 5.74) is 2.91. The molecule has 0 aliphatic heterocycles. The normalized spacial score (nSPS) is 11.8. The Morgan fingerprint density at radius 2 is 1.96 bits per heavy atom. The van der Waals surface area contributed by atoms with Crippen LogP contribution in [0.4, 0.5) is 0 Å². The number of rotatable bonds is 5. The number of hydrogen-bond donors (Lipinski definition) is 2. The highest BCUT2D eigenvalue weighted by Gasteiger charge is 2.15. The highest BCUT2D eigenvalue weighted by Crippen LogP contribution is 2.22. The first kappa shape index (κ1) is 17.0. The third-order valence-corrected chi connectivity index (χ3v) is 4.14. The first-order valence-electron chi connectivity index (χ1n) is 7.83. The lowest BCUT2D eigenvalue weighted by Crippen LogP contribution is -2.26. The van der Waals surface area contributed by atoms with Crippen molar-refractivity contribution in [1.82, 2.24) is 15.5 Å². The molecule has 1 atom stereocenters. The van der Waals surface area contributed by atoms with E-state index in [2.05, 4.69) is 15.5 Å². The molecule has 0 aliphatic carbocycles. The second kappa shape index (κ2) is 7.40. The molecule has 6 heteroatoms. The SMILES string of the molecule is COc1ccc(C(C)NC(=O)c2cc(-c3cccc(Cl)c3)n[nH]2)cc1. The fourth-order valence-electron chi connectivity index (χ4n) is 2.48. The predicted molar refractivity (Wildman–Crippen MR) is 97.9 cm³/mol. The third-order valence-electron chi connectivity index (χ3n) is 3.91. The molecule has 5 nitrogen and oxygen atoms in total. The Hall–Kier alpha value is -2.79. The van der Waals surface area contributed by atoms with Gasteiger partial charge in [-0.05, 0) is 42.8 Å². The Labute approximate surface area is 151 Å². The molecule has 0 bridgehead atoms. The van der Waals surface area contributed by atoms with Crippen molar-refractivity contribution in [2.45, 2.75) is 13.0 Å². The highest BCUT2D eigenvalue weighted by molar-refractivity contribution is 6.30. The van der Waals surface area contributed by atoms with Crippen LogP contribution in [-0.4, -0.2) is 23.2 Å². The van der Waals surface area contributed by atoms with Crippen molar-refractivity contribution in [3.05, 3.63) is 70.9 Å². The van der Waals surface area contributed by atoms with Crippen LogP contribution < -0.4 is 10.1 Å². The van der Waals surface area contributed by atoms with Crippen molar-refractivity contribution in [2.24, 2.45) is 0 Å². The second-order valence-corrected chi connectivity index (χ2v) is 6.08. The van der Waals surface area contributed by atoms with Gasteiger partial charge in [-0.2, -0.15) is 5.10 Å². The molecule has 0 aliphatic rings. The molecule has 0 spiro atoms. The Kier molecular flexibility index (Phi) is 5.05. The average molecular weight is 356 g/mol. The maximum atomic E-state index is 12.4. The number of halogens is 1. The molecule has 0 fully saturated rings. The van der Waals surface area contributed by atoms with Crippen molar-refractivity contribution in [3.8, 4) is 17.0 Å². The van der Waals surface area contributed by atoms with E-state index in [0.29, 0.717) is 16.4 Å². The molecular formula is C19H18ClN3O2. The van der Waals surface area contributed by atoms with E-state index in [1.165, 1.54) is 0 Å². The zero-order valence-electron chi connectivity index (χ0n) is 13.9. The maximum Gasteiger partial charge on any atom is 0.269 e. The first-order chi connectivity index (χ1) is 12.1. The summed E-state index contributed by atoms with van der Waals surface area (Å²) < 4.78 is 5.14. The third kappa shape index (κ3) is 4.00. The lowest BCUT2D eigenvalue weighted by molar-refractivity contribution is 0.0935. The van der Waals surface area contributed by atoms with E-state index >= 15 is 0 Å². The van der Waals surface area contributed by atoms with Crippen LogP contribution in [-0.2, 0) is 0 Å². The number of methoxy groups -OCH3 is 1. The van der Waals surface area contributed by atoms with E-state index in [-0.39, 0.29) is 11.9 Å². The largest absolute Gasteiger partial charge is 0.497 e. The van der Waals surface area contributed by atoms with Gasteiger partial charge in [0, 0.05) is 10.6 Å². The van der Waals surface area contributed by atoms with E-state index in [9.17, 15) is 4.79 Å². The molecule has 1 amide bonds. The summed E-state index contributed by atoms with van der Waals surface area (Å²) in [5.74, 6) is 0.561. The van der Waals surface area contributed by atoms with Crippen molar-refractivity contribution in [3.63, 3.8) is 0 Å². The molecule has 2 N–H and O–H groups in total. The molecule has 0 saturated heterocycles. The van der Waals surface area contributed by atoms with E-state index in [1.54, 1.807) is 25.3 Å². The smallest absolute Gasteiger partial charge is 0.269 e. The molecule has 1 aromatic heterocycles. The van der Waals surface area contributed by atoms with E-state index in [0.717, 1.165) is 16.9 Å². The quantitative estimate of drug-likeness (QED) is 0.719. The second-order valence-electron chi connectivity index (χ2n) is 5.65. The van der Waals surface area contributed by atoms with Gasteiger partial charge in [0.2, 0.25) is 0 Å². The number of amides is 1. The number of H-pyrrole nitrogens is 1. The fourth-order valence-corrected chi connectivity index (χ4v) is 2.67. The summed E-state index contributed by atoms with van der Waals surface area (Å²) in [4.78, 5) is 12.4. The van der Waals surface area contributed by atoms with Gasteiger partial charge in [-0.1, -0.05) is 35.9 Å². The van der Waals surface area contributed by atoms with Crippen LogP contribution in [0.1, 0.15) is 29.0 Å². The molecule has 1 heterocycles. The summed E-state index contributed by atoms with van der Waals surface area (Å²) in [6, 6.07) is 16.5. The van der Waals surface area contributed by atoms with Crippen LogP contribution in [0.15, 0.2) is 54.6 Å². The van der Waals surface area contributed by atoms with Crippen molar-refractivity contribution in [2.75, 3.05) is 7.11 Å². The molecule has 0 radical (unpaired) electrons. The minimum Gasteiger partial charge on any atom is -0.497 e. The number of aromatic nitrogens is 2. The van der Waals surface area contributed by atoms with Gasteiger partial charge >= 0.3 is 0 Å². The average Bonchev–Trinajstić information content (AvgIpc) is 3.12. The van der Waals surface area contributed by atoms with Crippen LogP contribution in [0.5, 0.6) is 5.75 Å². The van der Waals surface area contributed by atoms with E-state index in [1.807, 2.05) is 43.3 Å². The summed E-state index contributed by atoms with van der Waals surface area (Å²) in [7, 11) is 1.62. The number of benzene rings is 2.